The van der Waals surface area contributed by atoms with Gasteiger partial charge < -0.3 is 15.2 Å². The van der Waals surface area contributed by atoms with Crippen molar-refractivity contribution in [1.82, 2.24) is 9.47 Å². The van der Waals surface area contributed by atoms with Crippen LogP contribution in [0.4, 0.5) is 0 Å². The predicted molar refractivity (Wildman–Crippen MR) is 107 cm³/mol. The molecular formula is C22H23N3O2. The number of aryl methyl sites for hydroxylation is 2. The Morgan fingerprint density at radius 3 is 2.59 bits per heavy atom. The standard InChI is InChI=1S/C22H23N3O2/c1-14-8-9-20-16(10-14)21(26)18(11-24(20)2)22(27)25-12-17(19(23)13-25)15-6-4-3-5-7-15/h3-11,17,19H,12-13,23H2,1-2H3/t17-,19+/m1/s1. The predicted octanol–water partition coefficient (Wildman–Crippen LogP) is 2.41. The fourth-order valence-electron chi connectivity index (χ4n) is 3.98. The highest BCUT2D eigenvalue weighted by Gasteiger charge is 2.35. The van der Waals surface area contributed by atoms with E-state index in [2.05, 4.69) is 0 Å². The summed E-state index contributed by atoms with van der Waals surface area (Å²) in [7, 11) is 1.86. The highest BCUT2D eigenvalue weighted by Crippen LogP contribution is 2.27. The van der Waals surface area contributed by atoms with E-state index in [1.54, 1.807) is 11.1 Å². The van der Waals surface area contributed by atoms with E-state index in [1.807, 2.05) is 67.1 Å². The zero-order valence-corrected chi connectivity index (χ0v) is 15.6. The molecule has 4 rings (SSSR count). The highest BCUT2D eigenvalue weighted by molar-refractivity contribution is 5.97. The Hall–Kier alpha value is -2.92. The van der Waals surface area contributed by atoms with Crippen LogP contribution in [0.25, 0.3) is 10.9 Å². The Balaban J connectivity index is 1.70. The Morgan fingerprint density at radius 2 is 1.85 bits per heavy atom. The lowest BCUT2D eigenvalue weighted by Crippen LogP contribution is -2.35. The molecule has 0 radical (unpaired) electrons. The third kappa shape index (κ3) is 3.04. The van der Waals surface area contributed by atoms with E-state index < -0.39 is 0 Å². The van der Waals surface area contributed by atoms with E-state index in [9.17, 15) is 9.59 Å². The van der Waals surface area contributed by atoms with E-state index in [-0.39, 0.29) is 28.9 Å². The second-order valence-electron chi connectivity index (χ2n) is 7.39. The molecule has 0 bridgehead atoms. The molecule has 1 fully saturated rings. The topological polar surface area (TPSA) is 68.3 Å². The first-order valence-corrected chi connectivity index (χ1v) is 9.15. The third-order valence-electron chi connectivity index (χ3n) is 5.45. The van der Waals surface area contributed by atoms with Crippen LogP contribution in [0.2, 0.25) is 0 Å². The van der Waals surface area contributed by atoms with E-state index >= 15 is 0 Å². The van der Waals surface area contributed by atoms with Crippen LogP contribution in [0.3, 0.4) is 0 Å². The molecule has 27 heavy (non-hydrogen) atoms. The molecule has 1 amide bonds. The summed E-state index contributed by atoms with van der Waals surface area (Å²) in [5.41, 5.74) is 9.25. The molecule has 5 nitrogen and oxygen atoms in total. The molecule has 0 aliphatic carbocycles. The lowest BCUT2D eigenvalue weighted by molar-refractivity contribution is 0.0787. The van der Waals surface area contributed by atoms with Gasteiger partial charge in [0.2, 0.25) is 5.43 Å². The number of fused-ring (bicyclic) bond motifs is 1. The first kappa shape index (κ1) is 17.5. The van der Waals surface area contributed by atoms with Crippen LogP contribution in [-0.2, 0) is 7.05 Å². The molecule has 2 N–H and O–H groups in total. The van der Waals surface area contributed by atoms with Crippen molar-refractivity contribution >= 4 is 16.8 Å². The SMILES string of the molecule is Cc1ccc2c(c1)c(=O)c(C(=O)N1C[C@H](c3ccccc3)[C@@H](N)C1)cn2C. The molecule has 2 heterocycles. The van der Waals surface area contributed by atoms with Crippen LogP contribution in [0.1, 0.15) is 27.4 Å². The molecule has 5 heteroatoms. The molecule has 0 spiro atoms. The number of pyridine rings is 1. The summed E-state index contributed by atoms with van der Waals surface area (Å²) in [5, 5.41) is 0.575. The van der Waals surface area contributed by atoms with Crippen LogP contribution >= 0.6 is 0 Å². The van der Waals surface area contributed by atoms with Crippen LogP contribution in [-0.4, -0.2) is 34.5 Å². The van der Waals surface area contributed by atoms with Crippen LogP contribution in [0.15, 0.2) is 59.5 Å². The van der Waals surface area contributed by atoms with Gasteiger partial charge in [-0.3, -0.25) is 9.59 Å². The van der Waals surface area contributed by atoms with Gasteiger partial charge in [-0.2, -0.15) is 0 Å². The second-order valence-corrected chi connectivity index (χ2v) is 7.39. The first-order chi connectivity index (χ1) is 13.0. The quantitative estimate of drug-likeness (QED) is 0.762. The Morgan fingerprint density at radius 1 is 1.11 bits per heavy atom. The largest absolute Gasteiger partial charge is 0.350 e. The van der Waals surface area contributed by atoms with Crippen molar-refractivity contribution in [2.45, 2.75) is 18.9 Å². The summed E-state index contributed by atoms with van der Waals surface area (Å²) in [4.78, 5) is 27.8. The van der Waals surface area contributed by atoms with Crippen molar-refractivity contribution in [1.29, 1.82) is 0 Å². The van der Waals surface area contributed by atoms with Crippen molar-refractivity contribution in [3.63, 3.8) is 0 Å². The number of hydrogen-bond acceptors (Lipinski definition) is 3. The lowest BCUT2D eigenvalue weighted by atomic mass is 9.95. The molecule has 3 aromatic rings. The van der Waals surface area contributed by atoms with Gasteiger partial charge in [0.1, 0.15) is 5.56 Å². The number of likely N-dealkylation sites (tertiary alicyclic amines) is 1. The van der Waals surface area contributed by atoms with E-state index in [1.165, 1.54) is 0 Å². The van der Waals surface area contributed by atoms with Gasteiger partial charge in [-0.25, -0.2) is 0 Å². The van der Waals surface area contributed by atoms with Crippen molar-refractivity contribution in [3.05, 3.63) is 81.6 Å². The zero-order chi connectivity index (χ0) is 19.1. The molecule has 2 atom stereocenters. The summed E-state index contributed by atoms with van der Waals surface area (Å²) in [6, 6.07) is 15.6. The van der Waals surface area contributed by atoms with Crippen molar-refractivity contribution in [2.75, 3.05) is 13.1 Å². The smallest absolute Gasteiger partial charge is 0.259 e. The van der Waals surface area contributed by atoms with Gasteiger partial charge in [0.15, 0.2) is 0 Å². The molecule has 1 aliphatic rings. The molecule has 1 aliphatic heterocycles. The molecular weight excluding hydrogens is 338 g/mol. The summed E-state index contributed by atoms with van der Waals surface area (Å²) in [5.74, 6) is -0.158. The Kier molecular flexibility index (Phi) is 4.32. The summed E-state index contributed by atoms with van der Waals surface area (Å²) >= 11 is 0. The molecule has 2 aromatic carbocycles. The maximum absolute atomic E-state index is 13.1. The number of carbonyl (C=O) groups is 1. The Labute approximate surface area is 158 Å². The van der Waals surface area contributed by atoms with Crippen LogP contribution in [0.5, 0.6) is 0 Å². The normalized spacial score (nSPS) is 19.6. The van der Waals surface area contributed by atoms with E-state index in [0.29, 0.717) is 18.5 Å². The van der Waals surface area contributed by atoms with Crippen molar-refractivity contribution in [3.8, 4) is 0 Å². The number of amides is 1. The minimum absolute atomic E-state index is 0.0849. The maximum atomic E-state index is 13.1. The lowest BCUT2D eigenvalue weighted by Gasteiger charge is -2.17. The van der Waals surface area contributed by atoms with E-state index in [4.69, 9.17) is 5.73 Å². The first-order valence-electron chi connectivity index (χ1n) is 9.15. The number of rotatable bonds is 2. The van der Waals surface area contributed by atoms with Crippen LogP contribution < -0.4 is 11.2 Å². The van der Waals surface area contributed by atoms with Gasteiger partial charge in [0.05, 0.1) is 5.52 Å². The van der Waals surface area contributed by atoms with Gasteiger partial charge >= 0.3 is 0 Å². The minimum Gasteiger partial charge on any atom is -0.350 e. The third-order valence-corrected chi connectivity index (χ3v) is 5.45. The minimum atomic E-state index is -0.243. The maximum Gasteiger partial charge on any atom is 0.259 e. The fraction of sp³-hybridized carbons (Fsp3) is 0.273. The van der Waals surface area contributed by atoms with Crippen molar-refractivity contribution < 1.29 is 4.79 Å². The van der Waals surface area contributed by atoms with Gasteiger partial charge in [0, 0.05) is 43.7 Å². The molecule has 1 saturated heterocycles. The Bertz CT molecular complexity index is 1070. The summed E-state index contributed by atoms with van der Waals surface area (Å²) in [6.45, 7) is 2.92. The highest BCUT2D eigenvalue weighted by atomic mass is 16.2. The number of hydrogen-bond donors (Lipinski definition) is 1. The number of aromatic nitrogens is 1. The zero-order valence-electron chi connectivity index (χ0n) is 15.6. The monoisotopic (exact) mass is 361 g/mol. The fourth-order valence-corrected chi connectivity index (χ4v) is 3.98. The van der Waals surface area contributed by atoms with E-state index in [0.717, 1.165) is 16.6 Å². The average molecular weight is 361 g/mol. The molecule has 0 unspecified atom stereocenters. The number of benzene rings is 2. The molecule has 0 saturated carbocycles. The second kappa shape index (κ2) is 6.67. The summed E-state index contributed by atoms with van der Waals surface area (Å²) in [6.07, 6.45) is 1.64. The van der Waals surface area contributed by atoms with Crippen molar-refractivity contribution in [2.24, 2.45) is 12.8 Å². The van der Waals surface area contributed by atoms with Gasteiger partial charge in [-0.1, -0.05) is 42.0 Å². The van der Waals surface area contributed by atoms with Gasteiger partial charge in [-0.15, -0.1) is 0 Å². The molecule has 138 valence electrons. The number of nitrogens with zero attached hydrogens (tertiary/aromatic N) is 2. The van der Waals surface area contributed by atoms with Crippen LogP contribution in [0, 0.1) is 6.92 Å². The number of carbonyl (C=O) groups excluding carboxylic acids is 1. The molecule has 1 aromatic heterocycles. The number of nitrogens with two attached hydrogens (primary N) is 1. The average Bonchev–Trinajstić information content (AvgIpc) is 3.06. The van der Waals surface area contributed by atoms with Gasteiger partial charge in [0.25, 0.3) is 5.91 Å². The van der Waals surface area contributed by atoms with Gasteiger partial charge in [-0.05, 0) is 24.6 Å². The summed E-state index contributed by atoms with van der Waals surface area (Å²) < 4.78 is 1.84.